The van der Waals surface area contributed by atoms with Gasteiger partial charge in [-0.1, -0.05) is 29.8 Å². The highest BCUT2D eigenvalue weighted by molar-refractivity contribution is 9.10. The van der Waals surface area contributed by atoms with E-state index in [1.54, 1.807) is 12.1 Å². The van der Waals surface area contributed by atoms with Crippen LogP contribution in [0.2, 0.25) is 0 Å². The summed E-state index contributed by atoms with van der Waals surface area (Å²) in [5.74, 6) is -0.236. The molecule has 1 unspecified atom stereocenters. The molecule has 0 aliphatic carbocycles. The van der Waals surface area contributed by atoms with Crippen LogP contribution in [0.25, 0.3) is 0 Å². The number of halogens is 2. The van der Waals surface area contributed by atoms with Crippen molar-refractivity contribution in [3.05, 3.63) is 34.1 Å². The molecule has 1 atom stereocenters. The first-order valence-corrected chi connectivity index (χ1v) is 6.65. The minimum Gasteiger partial charge on any atom is -0.352 e. The Morgan fingerprint density at radius 1 is 1.50 bits per heavy atom. The number of rotatable bonds is 5. The zero-order valence-electron chi connectivity index (χ0n) is 10.5. The number of hydrogen-bond acceptors (Lipinski definition) is 2. The third-order valence-electron chi connectivity index (χ3n) is 2.76. The van der Waals surface area contributed by atoms with Crippen LogP contribution in [0.15, 0.2) is 22.7 Å². The number of carbonyl (C=O) groups is 1. The van der Waals surface area contributed by atoms with Gasteiger partial charge in [0.2, 0.25) is 5.91 Å². The molecule has 1 aromatic rings. The first kappa shape index (κ1) is 15.1. The standard InChI is InChI=1S/C13H18BrFN2O/c1-8(2)12(16)6-13(18)17-7-9-5-10(14)3-4-11(9)15/h3-5,8,12H,6-7,16H2,1-2H3,(H,17,18). The molecule has 18 heavy (non-hydrogen) atoms. The van der Waals surface area contributed by atoms with Gasteiger partial charge in [-0.15, -0.1) is 0 Å². The van der Waals surface area contributed by atoms with E-state index < -0.39 is 0 Å². The van der Waals surface area contributed by atoms with Crippen LogP contribution in [-0.2, 0) is 11.3 Å². The van der Waals surface area contributed by atoms with E-state index in [0.29, 0.717) is 5.56 Å². The van der Waals surface area contributed by atoms with Crippen molar-refractivity contribution >= 4 is 21.8 Å². The molecule has 0 saturated heterocycles. The second kappa shape index (κ2) is 6.85. The smallest absolute Gasteiger partial charge is 0.221 e. The third-order valence-corrected chi connectivity index (χ3v) is 3.25. The second-order valence-corrected chi connectivity index (χ2v) is 5.54. The van der Waals surface area contributed by atoms with Gasteiger partial charge in [0.25, 0.3) is 0 Å². The Morgan fingerprint density at radius 3 is 2.78 bits per heavy atom. The molecule has 1 aromatic carbocycles. The number of carbonyl (C=O) groups excluding carboxylic acids is 1. The summed E-state index contributed by atoms with van der Waals surface area (Å²) in [6, 6.07) is 4.47. The molecular formula is C13H18BrFN2O. The summed E-state index contributed by atoms with van der Waals surface area (Å²) in [6.45, 7) is 4.10. The van der Waals surface area contributed by atoms with Crippen LogP contribution in [0.5, 0.6) is 0 Å². The Labute approximate surface area is 115 Å². The summed E-state index contributed by atoms with van der Waals surface area (Å²) in [6.07, 6.45) is 0.257. The Balaban J connectivity index is 2.50. The molecule has 100 valence electrons. The second-order valence-electron chi connectivity index (χ2n) is 4.62. The highest BCUT2D eigenvalue weighted by Crippen LogP contribution is 2.15. The molecule has 0 aromatic heterocycles. The average molecular weight is 317 g/mol. The molecule has 0 fully saturated rings. The van der Waals surface area contributed by atoms with Crippen LogP contribution in [0.4, 0.5) is 4.39 Å². The highest BCUT2D eigenvalue weighted by atomic mass is 79.9. The largest absolute Gasteiger partial charge is 0.352 e. The van der Waals surface area contributed by atoms with E-state index in [4.69, 9.17) is 5.73 Å². The van der Waals surface area contributed by atoms with Gasteiger partial charge in [-0.25, -0.2) is 4.39 Å². The number of benzene rings is 1. The van der Waals surface area contributed by atoms with Crippen molar-refractivity contribution < 1.29 is 9.18 Å². The predicted octanol–water partition coefficient (Wildman–Crippen LogP) is 2.58. The van der Waals surface area contributed by atoms with Crippen molar-refractivity contribution in [3.63, 3.8) is 0 Å². The molecule has 0 bridgehead atoms. The lowest BCUT2D eigenvalue weighted by Gasteiger charge is -2.15. The van der Waals surface area contributed by atoms with Gasteiger partial charge in [-0.05, 0) is 24.1 Å². The van der Waals surface area contributed by atoms with Crippen molar-refractivity contribution in [2.24, 2.45) is 11.7 Å². The third kappa shape index (κ3) is 4.74. The minimum absolute atomic E-state index is 0.157. The van der Waals surface area contributed by atoms with Gasteiger partial charge in [-0.2, -0.15) is 0 Å². The Bertz CT molecular complexity index is 423. The molecule has 3 nitrogen and oxygen atoms in total. The summed E-state index contributed by atoms with van der Waals surface area (Å²) < 4.78 is 14.2. The zero-order valence-corrected chi connectivity index (χ0v) is 12.1. The van der Waals surface area contributed by atoms with E-state index in [1.807, 2.05) is 13.8 Å². The lowest BCUT2D eigenvalue weighted by atomic mass is 10.0. The molecule has 0 spiro atoms. The van der Waals surface area contributed by atoms with Gasteiger partial charge >= 0.3 is 0 Å². The molecule has 0 heterocycles. The van der Waals surface area contributed by atoms with Crippen molar-refractivity contribution in [1.82, 2.24) is 5.32 Å². The topological polar surface area (TPSA) is 55.1 Å². The maximum Gasteiger partial charge on any atom is 0.221 e. The lowest BCUT2D eigenvalue weighted by molar-refractivity contribution is -0.121. The van der Waals surface area contributed by atoms with Crippen molar-refractivity contribution in [2.45, 2.75) is 32.9 Å². The summed E-state index contributed by atoms with van der Waals surface area (Å²) >= 11 is 3.26. The van der Waals surface area contributed by atoms with Crippen LogP contribution in [0, 0.1) is 11.7 Å². The van der Waals surface area contributed by atoms with E-state index in [2.05, 4.69) is 21.2 Å². The normalized spacial score (nSPS) is 12.6. The van der Waals surface area contributed by atoms with Crippen molar-refractivity contribution in [1.29, 1.82) is 0 Å². The summed E-state index contributed by atoms with van der Waals surface area (Å²) in [4.78, 5) is 11.6. The van der Waals surface area contributed by atoms with E-state index in [1.165, 1.54) is 6.07 Å². The van der Waals surface area contributed by atoms with Gasteiger partial charge < -0.3 is 11.1 Å². The van der Waals surface area contributed by atoms with E-state index in [0.717, 1.165) is 4.47 Å². The molecule has 0 aliphatic rings. The summed E-state index contributed by atoms with van der Waals surface area (Å²) in [5, 5.41) is 2.67. The van der Waals surface area contributed by atoms with Gasteiger partial charge in [0, 0.05) is 29.0 Å². The van der Waals surface area contributed by atoms with Gasteiger partial charge in [0.05, 0.1) is 0 Å². The first-order chi connectivity index (χ1) is 8.40. The van der Waals surface area contributed by atoms with Gasteiger partial charge in [0.1, 0.15) is 5.82 Å². The number of hydrogen-bond donors (Lipinski definition) is 2. The first-order valence-electron chi connectivity index (χ1n) is 5.86. The quantitative estimate of drug-likeness (QED) is 0.877. The number of amides is 1. The van der Waals surface area contributed by atoms with Crippen molar-refractivity contribution in [2.75, 3.05) is 0 Å². The van der Waals surface area contributed by atoms with Crippen LogP contribution < -0.4 is 11.1 Å². The molecule has 5 heteroatoms. The van der Waals surface area contributed by atoms with E-state index >= 15 is 0 Å². The fraction of sp³-hybridized carbons (Fsp3) is 0.462. The van der Waals surface area contributed by atoms with Crippen LogP contribution in [0.1, 0.15) is 25.8 Å². The predicted molar refractivity (Wildman–Crippen MR) is 73.4 cm³/mol. The molecule has 0 aliphatic heterocycles. The molecule has 1 amide bonds. The molecule has 0 saturated carbocycles. The maximum atomic E-state index is 13.4. The van der Waals surface area contributed by atoms with Crippen LogP contribution >= 0.6 is 15.9 Å². The van der Waals surface area contributed by atoms with Crippen LogP contribution in [-0.4, -0.2) is 11.9 Å². The van der Waals surface area contributed by atoms with Gasteiger partial charge in [0.15, 0.2) is 0 Å². The minimum atomic E-state index is -0.327. The van der Waals surface area contributed by atoms with Crippen LogP contribution in [0.3, 0.4) is 0 Å². The monoisotopic (exact) mass is 316 g/mol. The molecule has 1 rings (SSSR count). The maximum absolute atomic E-state index is 13.4. The fourth-order valence-corrected chi connectivity index (χ4v) is 1.80. The molecular weight excluding hydrogens is 299 g/mol. The SMILES string of the molecule is CC(C)C(N)CC(=O)NCc1cc(Br)ccc1F. The average Bonchev–Trinajstić information content (AvgIpc) is 2.30. The number of nitrogens with two attached hydrogens (primary N) is 1. The lowest BCUT2D eigenvalue weighted by Crippen LogP contribution is -2.34. The van der Waals surface area contributed by atoms with E-state index in [-0.39, 0.29) is 36.6 Å². The van der Waals surface area contributed by atoms with Crippen molar-refractivity contribution in [3.8, 4) is 0 Å². The Kier molecular flexibility index (Phi) is 5.75. The molecule has 3 N–H and O–H groups in total. The van der Waals surface area contributed by atoms with Gasteiger partial charge in [-0.3, -0.25) is 4.79 Å². The Hall–Kier alpha value is -0.940. The highest BCUT2D eigenvalue weighted by Gasteiger charge is 2.13. The van der Waals surface area contributed by atoms with E-state index in [9.17, 15) is 9.18 Å². The summed E-state index contributed by atoms with van der Waals surface area (Å²) in [5.41, 5.74) is 6.25. The Morgan fingerprint density at radius 2 is 2.17 bits per heavy atom. The zero-order chi connectivity index (χ0) is 13.7. The molecule has 0 radical (unpaired) electrons. The fourth-order valence-electron chi connectivity index (χ4n) is 1.39. The summed E-state index contributed by atoms with van der Waals surface area (Å²) in [7, 11) is 0. The number of nitrogens with one attached hydrogen (secondary N) is 1.